The molecule has 1 aromatic rings. The Labute approximate surface area is 132 Å². The molecule has 4 nitrogen and oxygen atoms in total. The highest BCUT2D eigenvalue weighted by molar-refractivity contribution is 7.98. The lowest BCUT2D eigenvalue weighted by molar-refractivity contribution is -0.138. The van der Waals surface area contributed by atoms with Crippen molar-refractivity contribution < 1.29 is 14.7 Å². The minimum Gasteiger partial charge on any atom is -0.481 e. The molecule has 0 bridgehead atoms. The second-order valence-corrected chi connectivity index (χ2v) is 7.96. The molecule has 0 spiro atoms. The number of aliphatic carboxylic acids is 1. The summed E-state index contributed by atoms with van der Waals surface area (Å²) in [7, 11) is 0. The van der Waals surface area contributed by atoms with Gasteiger partial charge in [0.05, 0.1) is 4.88 Å². The second kappa shape index (κ2) is 6.40. The van der Waals surface area contributed by atoms with Gasteiger partial charge in [-0.3, -0.25) is 9.59 Å². The Balaban J connectivity index is 1.69. The molecule has 6 heteroatoms. The van der Waals surface area contributed by atoms with E-state index in [1.165, 1.54) is 10.4 Å². The van der Waals surface area contributed by atoms with Gasteiger partial charge in [0, 0.05) is 30.1 Å². The van der Waals surface area contributed by atoms with Crippen molar-refractivity contribution in [2.24, 2.45) is 5.92 Å². The van der Waals surface area contributed by atoms with Crippen LogP contribution in [0.5, 0.6) is 0 Å². The number of piperidine rings is 1. The third kappa shape index (κ3) is 3.43. The van der Waals surface area contributed by atoms with Gasteiger partial charge in [-0.05, 0) is 42.6 Å². The molecule has 3 heterocycles. The average molecular weight is 325 g/mol. The number of carboxylic acids is 1. The summed E-state index contributed by atoms with van der Waals surface area (Å²) in [4.78, 5) is 27.5. The Bertz CT molecular complexity index is 532. The van der Waals surface area contributed by atoms with Gasteiger partial charge in [0.15, 0.2) is 0 Å². The third-order valence-corrected chi connectivity index (χ3v) is 6.34. The average Bonchev–Trinajstić information content (AvgIpc) is 2.90. The highest BCUT2D eigenvalue weighted by Gasteiger charge is 2.27. The van der Waals surface area contributed by atoms with Crippen LogP contribution in [-0.2, 0) is 17.0 Å². The molecule has 1 saturated heterocycles. The van der Waals surface area contributed by atoms with Crippen molar-refractivity contribution in [3.8, 4) is 0 Å². The number of thioether (sulfide) groups is 1. The lowest BCUT2D eigenvalue weighted by Gasteiger charge is -2.31. The van der Waals surface area contributed by atoms with E-state index in [4.69, 9.17) is 5.11 Å². The number of aryl methyl sites for hydroxylation is 1. The van der Waals surface area contributed by atoms with Gasteiger partial charge in [-0.1, -0.05) is 0 Å². The second-order valence-electron chi connectivity index (χ2n) is 5.72. The number of fused-ring (bicyclic) bond motifs is 1. The molecule has 2 aliphatic rings. The molecule has 1 fully saturated rings. The molecule has 1 atom stereocenters. The van der Waals surface area contributed by atoms with E-state index in [1.807, 2.05) is 16.7 Å². The third-order valence-electron chi connectivity index (χ3n) is 4.11. The van der Waals surface area contributed by atoms with Crippen LogP contribution in [-0.4, -0.2) is 40.7 Å². The van der Waals surface area contributed by atoms with Crippen molar-refractivity contribution >= 4 is 35.0 Å². The molecule has 0 aliphatic carbocycles. The normalized spacial score (nSPS) is 21.9. The maximum atomic E-state index is 12.6. The van der Waals surface area contributed by atoms with Gasteiger partial charge in [-0.25, -0.2) is 0 Å². The first-order valence-corrected chi connectivity index (χ1v) is 9.31. The number of nitrogens with zero attached hydrogens (tertiary/aromatic N) is 1. The Kier molecular flexibility index (Phi) is 4.54. The van der Waals surface area contributed by atoms with Crippen molar-refractivity contribution in [1.82, 2.24) is 4.90 Å². The first-order chi connectivity index (χ1) is 10.1. The zero-order valence-corrected chi connectivity index (χ0v) is 13.5. The number of carbonyl (C=O) groups excluding carboxylic acids is 1. The van der Waals surface area contributed by atoms with Crippen LogP contribution in [0.15, 0.2) is 6.07 Å². The van der Waals surface area contributed by atoms with Crippen molar-refractivity contribution in [3.63, 3.8) is 0 Å². The number of carboxylic acid groups (broad SMARTS) is 1. The van der Waals surface area contributed by atoms with Crippen LogP contribution in [0.2, 0.25) is 0 Å². The minimum absolute atomic E-state index is 0.0921. The number of thiophene rings is 1. The highest BCUT2D eigenvalue weighted by Crippen LogP contribution is 2.33. The first-order valence-electron chi connectivity index (χ1n) is 7.34. The van der Waals surface area contributed by atoms with Crippen LogP contribution < -0.4 is 0 Å². The summed E-state index contributed by atoms with van der Waals surface area (Å²) in [6.07, 6.45) is 3.05. The van der Waals surface area contributed by atoms with Gasteiger partial charge in [0.1, 0.15) is 0 Å². The van der Waals surface area contributed by atoms with E-state index in [0.717, 1.165) is 42.2 Å². The molecule has 0 saturated carbocycles. The molecule has 1 aromatic heterocycles. The fraction of sp³-hybridized carbons (Fsp3) is 0.600. The maximum absolute atomic E-state index is 12.6. The molecule has 3 rings (SSSR count). The van der Waals surface area contributed by atoms with E-state index in [2.05, 4.69) is 6.07 Å². The van der Waals surface area contributed by atoms with Crippen LogP contribution in [0.3, 0.4) is 0 Å². The van der Waals surface area contributed by atoms with Gasteiger partial charge in [-0.15, -0.1) is 11.3 Å². The molecular formula is C15H19NO3S2. The fourth-order valence-corrected chi connectivity index (χ4v) is 5.41. The fourth-order valence-electron chi connectivity index (χ4n) is 3.07. The monoisotopic (exact) mass is 325 g/mol. The summed E-state index contributed by atoms with van der Waals surface area (Å²) in [5.41, 5.74) is 1.32. The lowest BCUT2D eigenvalue weighted by Crippen LogP contribution is -2.40. The van der Waals surface area contributed by atoms with Crippen molar-refractivity contribution in [3.05, 3.63) is 21.4 Å². The van der Waals surface area contributed by atoms with E-state index < -0.39 is 5.97 Å². The Morgan fingerprint density at radius 3 is 3.05 bits per heavy atom. The minimum atomic E-state index is -0.766. The van der Waals surface area contributed by atoms with Crippen molar-refractivity contribution in [1.29, 1.82) is 0 Å². The molecule has 1 amide bonds. The summed E-state index contributed by atoms with van der Waals surface area (Å²) < 4.78 is 0. The highest BCUT2D eigenvalue weighted by atomic mass is 32.2. The van der Waals surface area contributed by atoms with E-state index >= 15 is 0 Å². The molecule has 21 heavy (non-hydrogen) atoms. The molecule has 1 unspecified atom stereocenters. The number of rotatable bonds is 3. The zero-order chi connectivity index (χ0) is 14.8. The van der Waals surface area contributed by atoms with Gasteiger partial charge in [-0.2, -0.15) is 11.8 Å². The topological polar surface area (TPSA) is 57.6 Å². The van der Waals surface area contributed by atoms with E-state index in [9.17, 15) is 9.59 Å². The number of likely N-dealkylation sites (tertiary alicyclic amines) is 1. The van der Waals surface area contributed by atoms with Gasteiger partial charge in [0.25, 0.3) is 5.91 Å². The van der Waals surface area contributed by atoms with Gasteiger partial charge < -0.3 is 10.0 Å². The first kappa shape index (κ1) is 14.9. The summed E-state index contributed by atoms with van der Waals surface area (Å²) in [6, 6.07) is 2.05. The number of hydrogen-bond donors (Lipinski definition) is 1. The lowest BCUT2D eigenvalue weighted by atomic mass is 9.95. The predicted molar refractivity (Wildman–Crippen MR) is 85.1 cm³/mol. The smallest absolute Gasteiger partial charge is 0.303 e. The number of carbonyl (C=O) groups is 2. The van der Waals surface area contributed by atoms with Crippen molar-refractivity contribution in [2.45, 2.75) is 31.4 Å². The van der Waals surface area contributed by atoms with E-state index in [0.29, 0.717) is 6.54 Å². The van der Waals surface area contributed by atoms with Gasteiger partial charge >= 0.3 is 5.97 Å². The molecule has 0 aromatic carbocycles. The molecule has 1 N–H and O–H groups in total. The summed E-state index contributed by atoms with van der Waals surface area (Å²) in [6.45, 7) is 1.34. The molecule has 2 aliphatic heterocycles. The summed E-state index contributed by atoms with van der Waals surface area (Å²) in [5.74, 6) is 1.59. The summed E-state index contributed by atoms with van der Waals surface area (Å²) >= 11 is 3.55. The Hall–Kier alpha value is -1.01. The zero-order valence-electron chi connectivity index (χ0n) is 11.8. The molecular weight excluding hydrogens is 306 g/mol. The summed E-state index contributed by atoms with van der Waals surface area (Å²) in [5, 5.41) is 8.91. The van der Waals surface area contributed by atoms with Crippen LogP contribution in [0.1, 0.15) is 39.4 Å². The van der Waals surface area contributed by atoms with E-state index in [1.54, 1.807) is 11.3 Å². The number of hydrogen-bond acceptors (Lipinski definition) is 4. The standard InChI is InChI=1S/C15H19NO3S2/c17-14(18)6-10-2-1-4-16(8-10)15(19)13-7-11-9-20-5-3-12(11)21-13/h7,10H,1-6,8-9H2,(H,17,18). The van der Waals surface area contributed by atoms with Crippen LogP contribution >= 0.6 is 23.1 Å². The maximum Gasteiger partial charge on any atom is 0.303 e. The Morgan fingerprint density at radius 1 is 1.43 bits per heavy atom. The number of amides is 1. The largest absolute Gasteiger partial charge is 0.481 e. The van der Waals surface area contributed by atoms with E-state index in [-0.39, 0.29) is 18.2 Å². The van der Waals surface area contributed by atoms with Crippen LogP contribution in [0.25, 0.3) is 0 Å². The predicted octanol–water partition coefficient (Wildman–Crippen LogP) is 2.86. The van der Waals surface area contributed by atoms with Crippen molar-refractivity contribution in [2.75, 3.05) is 18.8 Å². The SMILES string of the molecule is O=C(O)CC1CCCN(C(=O)c2cc3c(s2)CCSC3)C1. The quantitative estimate of drug-likeness (QED) is 0.928. The molecule has 114 valence electrons. The Morgan fingerprint density at radius 2 is 2.29 bits per heavy atom. The van der Waals surface area contributed by atoms with Crippen LogP contribution in [0.4, 0.5) is 0 Å². The van der Waals surface area contributed by atoms with Gasteiger partial charge in [0.2, 0.25) is 0 Å². The molecule has 0 radical (unpaired) electrons. The van der Waals surface area contributed by atoms with Crippen LogP contribution in [0, 0.1) is 5.92 Å².